The van der Waals surface area contributed by atoms with E-state index in [4.69, 9.17) is 0 Å². The molecule has 0 saturated carbocycles. The highest BCUT2D eigenvalue weighted by Gasteiger charge is 2.75. The molecule has 0 saturated heterocycles. The summed E-state index contributed by atoms with van der Waals surface area (Å²) in [7, 11) is 0. The molecule has 2 N–H and O–H groups in total. The number of carbonyl (C=O) groups excluding carboxylic acids is 2. The second kappa shape index (κ2) is 7.30. The van der Waals surface area contributed by atoms with Gasteiger partial charge in [-0.15, -0.1) is 0 Å². The molecular formula is C14H10F8N2O2. The molecule has 0 aromatic heterocycles. The molecule has 0 fully saturated rings. The Hall–Kier alpha value is -2.66. The average molecular weight is 390 g/mol. The van der Waals surface area contributed by atoms with Gasteiger partial charge in [0.1, 0.15) is 5.82 Å². The van der Waals surface area contributed by atoms with E-state index in [1.54, 1.807) is 0 Å². The van der Waals surface area contributed by atoms with Gasteiger partial charge in [0.2, 0.25) is 5.78 Å². The molecule has 0 atom stereocenters. The van der Waals surface area contributed by atoms with E-state index >= 15 is 0 Å². The van der Waals surface area contributed by atoms with Gasteiger partial charge < -0.3 is 5.43 Å². The van der Waals surface area contributed by atoms with E-state index in [0.717, 1.165) is 19.1 Å². The van der Waals surface area contributed by atoms with Crippen molar-refractivity contribution in [2.75, 3.05) is 0 Å². The first-order chi connectivity index (χ1) is 11.7. The van der Waals surface area contributed by atoms with Crippen molar-refractivity contribution in [2.24, 2.45) is 0 Å². The molecule has 0 aliphatic carbocycles. The van der Waals surface area contributed by atoms with E-state index in [1.165, 1.54) is 12.1 Å². The summed E-state index contributed by atoms with van der Waals surface area (Å²) in [6, 6.07) is 4.18. The van der Waals surface area contributed by atoms with Gasteiger partial charge in [-0.3, -0.25) is 15.0 Å². The summed E-state index contributed by atoms with van der Waals surface area (Å²) in [6.07, 6.45) is -6.88. The predicted octanol–water partition coefficient (Wildman–Crippen LogP) is 3.37. The summed E-state index contributed by atoms with van der Waals surface area (Å²) in [5.41, 5.74) is 2.79. The zero-order valence-corrected chi connectivity index (χ0v) is 12.7. The monoisotopic (exact) mass is 390 g/mol. The van der Waals surface area contributed by atoms with E-state index in [-0.39, 0.29) is 11.6 Å². The summed E-state index contributed by atoms with van der Waals surface area (Å²) >= 11 is 0. The Morgan fingerprint density at radius 3 is 2.08 bits per heavy atom. The van der Waals surface area contributed by atoms with Crippen LogP contribution >= 0.6 is 0 Å². The standard InChI is InChI=1S/C14H10F8N2O2/c1-7(23-24-11(26)8-3-2-4-9(15)6-8)5-10(25)12(16,17)13(18,19)14(20,21)22/h2-6,23H,1H3,(H,24,26)/b7-5+. The van der Waals surface area contributed by atoms with E-state index in [9.17, 15) is 44.7 Å². The van der Waals surface area contributed by atoms with Gasteiger partial charge >= 0.3 is 18.0 Å². The third-order valence-corrected chi connectivity index (χ3v) is 2.87. The molecule has 12 heteroatoms. The summed E-state index contributed by atoms with van der Waals surface area (Å²) in [5.74, 6) is -17.2. The molecule has 0 aliphatic heterocycles. The maximum absolute atomic E-state index is 13.1. The topological polar surface area (TPSA) is 58.2 Å². The number of amides is 1. The Bertz CT molecular complexity index is 728. The van der Waals surface area contributed by atoms with Crippen LogP contribution in [0.4, 0.5) is 35.1 Å². The smallest absolute Gasteiger partial charge is 0.303 e. The Morgan fingerprint density at radius 2 is 1.58 bits per heavy atom. The van der Waals surface area contributed by atoms with Crippen molar-refractivity contribution in [1.29, 1.82) is 0 Å². The number of halogens is 8. The number of allylic oxidation sites excluding steroid dienone is 2. The molecule has 4 nitrogen and oxygen atoms in total. The van der Waals surface area contributed by atoms with Gasteiger partial charge in [0, 0.05) is 17.3 Å². The third kappa shape index (κ3) is 4.49. The number of ketones is 1. The number of hydrazine groups is 1. The van der Waals surface area contributed by atoms with Crippen LogP contribution in [0.1, 0.15) is 17.3 Å². The molecule has 0 radical (unpaired) electrons. The minimum absolute atomic E-state index is 0.217. The van der Waals surface area contributed by atoms with Gasteiger partial charge in [-0.05, 0) is 25.1 Å². The number of hydrogen-bond donors (Lipinski definition) is 2. The van der Waals surface area contributed by atoms with Crippen LogP contribution in [0, 0.1) is 5.82 Å². The second-order valence-electron chi connectivity index (χ2n) is 4.93. The molecule has 0 aliphatic rings. The number of carbonyl (C=O) groups is 2. The van der Waals surface area contributed by atoms with Gasteiger partial charge in [-0.2, -0.15) is 30.7 Å². The number of rotatable bonds is 6. The lowest BCUT2D eigenvalue weighted by Gasteiger charge is -2.26. The Kier molecular flexibility index (Phi) is 6.00. The van der Waals surface area contributed by atoms with Gasteiger partial charge in [-0.25, -0.2) is 4.39 Å². The van der Waals surface area contributed by atoms with Crippen LogP contribution in [0.5, 0.6) is 0 Å². The molecule has 0 spiro atoms. The first-order valence-corrected chi connectivity index (χ1v) is 6.57. The lowest BCUT2D eigenvalue weighted by Crippen LogP contribution is -2.55. The summed E-state index contributed by atoms with van der Waals surface area (Å²) in [4.78, 5) is 22.7. The zero-order chi connectivity index (χ0) is 20.3. The van der Waals surface area contributed by atoms with Gasteiger partial charge in [0.05, 0.1) is 0 Å². The highest BCUT2D eigenvalue weighted by atomic mass is 19.4. The summed E-state index contributed by atoms with van der Waals surface area (Å²) in [6.45, 7) is 0.839. The fraction of sp³-hybridized carbons (Fsp3) is 0.286. The lowest BCUT2D eigenvalue weighted by atomic mass is 10.1. The Balaban J connectivity index is 2.83. The quantitative estimate of drug-likeness (QED) is 0.445. The number of alkyl halides is 7. The Morgan fingerprint density at radius 1 is 1.00 bits per heavy atom. The molecule has 144 valence electrons. The largest absolute Gasteiger partial charge is 0.460 e. The number of hydrogen-bond acceptors (Lipinski definition) is 3. The van der Waals surface area contributed by atoms with Gasteiger partial charge in [0.25, 0.3) is 5.91 Å². The summed E-state index contributed by atoms with van der Waals surface area (Å²) in [5, 5.41) is 0. The fourth-order valence-corrected chi connectivity index (χ4v) is 1.51. The average Bonchev–Trinajstić information content (AvgIpc) is 2.51. The third-order valence-electron chi connectivity index (χ3n) is 2.87. The van der Waals surface area contributed by atoms with Crippen molar-refractivity contribution in [3.63, 3.8) is 0 Å². The molecule has 1 amide bonds. The number of benzene rings is 1. The summed E-state index contributed by atoms with van der Waals surface area (Å²) < 4.78 is 101. The van der Waals surface area contributed by atoms with Crippen LogP contribution in [0.15, 0.2) is 36.0 Å². The maximum atomic E-state index is 13.1. The van der Waals surface area contributed by atoms with Crippen molar-refractivity contribution in [3.8, 4) is 0 Å². The Labute approximate surface area is 140 Å². The first kappa shape index (κ1) is 21.4. The molecule has 0 heterocycles. The lowest BCUT2D eigenvalue weighted by molar-refractivity contribution is -0.342. The highest BCUT2D eigenvalue weighted by Crippen LogP contribution is 2.47. The molecule has 1 aromatic rings. The van der Waals surface area contributed by atoms with E-state index in [1.807, 2.05) is 10.9 Å². The zero-order valence-electron chi connectivity index (χ0n) is 12.7. The van der Waals surface area contributed by atoms with Crippen LogP contribution in [0.25, 0.3) is 0 Å². The van der Waals surface area contributed by atoms with Crippen molar-refractivity contribution >= 4 is 11.7 Å². The van der Waals surface area contributed by atoms with E-state index in [2.05, 4.69) is 0 Å². The van der Waals surface area contributed by atoms with Crippen LogP contribution < -0.4 is 10.9 Å². The van der Waals surface area contributed by atoms with Crippen LogP contribution in [0.3, 0.4) is 0 Å². The van der Waals surface area contributed by atoms with E-state index in [0.29, 0.717) is 0 Å². The SMILES string of the molecule is C/C(=C\C(=O)C(F)(F)C(F)(F)C(F)(F)F)NNC(=O)c1cccc(F)c1. The van der Waals surface area contributed by atoms with Crippen molar-refractivity contribution in [2.45, 2.75) is 24.9 Å². The van der Waals surface area contributed by atoms with Crippen molar-refractivity contribution in [1.82, 2.24) is 10.9 Å². The van der Waals surface area contributed by atoms with Crippen molar-refractivity contribution < 1.29 is 44.7 Å². The van der Waals surface area contributed by atoms with Gasteiger partial charge in [0.15, 0.2) is 0 Å². The molecule has 1 rings (SSSR count). The van der Waals surface area contributed by atoms with Crippen LogP contribution in [-0.2, 0) is 4.79 Å². The molecule has 0 unspecified atom stereocenters. The predicted molar refractivity (Wildman–Crippen MR) is 71.7 cm³/mol. The molecule has 1 aromatic carbocycles. The fourth-order valence-electron chi connectivity index (χ4n) is 1.51. The van der Waals surface area contributed by atoms with Crippen LogP contribution in [0.2, 0.25) is 0 Å². The molecule has 26 heavy (non-hydrogen) atoms. The normalized spacial score (nSPS) is 13.3. The minimum Gasteiger partial charge on any atom is -0.303 e. The van der Waals surface area contributed by atoms with Crippen LogP contribution in [-0.4, -0.2) is 29.7 Å². The number of nitrogens with one attached hydrogen (secondary N) is 2. The minimum atomic E-state index is -6.65. The second-order valence-corrected chi connectivity index (χ2v) is 4.93. The van der Waals surface area contributed by atoms with Crippen molar-refractivity contribution in [3.05, 3.63) is 47.4 Å². The first-order valence-electron chi connectivity index (χ1n) is 6.57. The maximum Gasteiger partial charge on any atom is 0.460 e. The highest BCUT2D eigenvalue weighted by molar-refractivity contribution is 5.97. The van der Waals surface area contributed by atoms with Gasteiger partial charge in [-0.1, -0.05) is 6.07 Å². The molecular weight excluding hydrogens is 380 g/mol. The van der Waals surface area contributed by atoms with E-state index < -0.39 is 41.2 Å². The molecule has 0 bridgehead atoms.